The minimum Gasteiger partial charge on any atom is -0.371 e. The van der Waals surface area contributed by atoms with E-state index in [1.165, 1.54) is 62.9 Å². The second-order valence-electron chi connectivity index (χ2n) is 7.52. The van der Waals surface area contributed by atoms with Crippen LogP contribution in [-0.4, -0.2) is 18.0 Å². The maximum absolute atomic E-state index is 2.64. The summed E-state index contributed by atoms with van der Waals surface area (Å²) in [7, 11) is 0. The average Bonchev–Trinajstić information content (AvgIpc) is 2.68. The molecule has 1 aliphatic heterocycles. The van der Waals surface area contributed by atoms with Crippen molar-refractivity contribution in [2.75, 3.05) is 13.1 Å². The van der Waals surface area contributed by atoms with E-state index >= 15 is 0 Å². The van der Waals surface area contributed by atoms with Gasteiger partial charge in [0.2, 0.25) is 0 Å². The molecule has 0 radical (unpaired) electrons. The first-order chi connectivity index (χ1) is 12.3. The number of hydrogen-bond donors (Lipinski definition) is 0. The molecule has 0 atom stereocenters. The van der Waals surface area contributed by atoms with Gasteiger partial charge in [-0.25, -0.2) is 0 Å². The van der Waals surface area contributed by atoms with Crippen LogP contribution in [-0.2, 0) is 5.41 Å². The van der Waals surface area contributed by atoms with Crippen molar-refractivity contribution in [3.05, 3.63) is 71.5 Å². The molecule has 0 N–H and O–H groups in total. The predicted molar refractivity (Wildman–Crippen MR) is 109 cm³/mol. The van der Waals surface area contributed by atoms with Crippen molar-refractivity contribution in [2.45, 2.75) is 64.2 Å². The maximum atomic E-state index is 2.64. The van der Waals surface area contributed by atoms with Gasteiger partial charge in [0.1, 0.15) is 0 Å². The van der Waals surface area contributed by atoms with Crippen molar-refractivity contribution >= 4 is 0 Å². The number of benzene rings is 1. The molecule has 0 spiro atoms. The molecule has 1 aromatic rings. The van der Waals surface area contributed by atoms with Crippen molar-refractivity contribution in [3.8, 4) is 0 Å². The van der Waals surface area contributed by atoms with Crippen LogP contribution in [0, 0.1) is 0 Å². The van der Waals surface area contributed by atoms with E-state index in [4.69, 9.17) is 0 Å². The van der Waals surface area contributed by atoms with Gasteiger partial charge in [0, 0.05) is 18.8 Å². The van der Waals surface area contributed by atoms with Gasteiger partial charge in [-0.1, -0.05) is 74.9 Å². The van der Waals surface area contributed by atoms with Crippen LogP contribution in [0.15, 0.2) is 65.9 Å². The fourth-order valence-corrected chi connectivity index (χ4v) is 4.56. The smallest absolute Gasteiger partial charge is 0.0395 e. The molecule has 1 heteroatoms. The van der Waals surface area contributed by atoms with E-state index in [-0.39, 0.29) is 0 Å². The molecule has 1 aromatic carbocycles. The summed E-state index contributed by atoms with van der Waals surface area (Å²) >= 11 is 0. The van der Waals surface area contributed by atoms with Crippen LogP contribution in [0.5, 0.6) is 0 Å². The minimum atomic E-state index is 0.376. The van der Waals surface area contributed by atoms with Crippen molar-refractivity contribution in [1.82, 2.24) is 4.90 Å². The first kappa shape index (κ1) is 18.0. The number of nitrogens with zero attached hydrogens (tertiary/aromatic N) is 1. The first-order valence-corrected chi connectivity index (χ1v) is 10.2. The summed E-state index contributed by atoms with van der Waals surface area (Å²) in [6.07, 6.45) is 18.1. The Kier molecular flexibility index (Phi) is 6.18. The molecule has 3 rings (SSSR count). The Morgan fingerprint density at radius 1 is 1.08 bits per heavy atom. The third-order valence-electron chi connectivity index (χ3n) is 5.86. The molecule has 0 aromatic heterocycles. The van der Waals surface area contributed by atoms with Gasteiger partial charge in [-0.15, -0.1) is 0 Å². The zero-order valence-electron chi connectivity index (χ0n) is 16.0. The monoisotopic (exact) mass is 335 g/mol. The summed E-state index contributed by atoms with van der Waals surface area (Å²) in [6, 6.07) is 11.3. The lowest BCUT2D eigenvalue weighted by Crippen LogP contribution is -2.42. The van der Waals surface area contributed by atoms with Gasteiger partial charge < -0.3 is 4.90 Å². The van der Waals surface area contributed by atoms with Crippen LogP contribution in [0.1, 0.15) is 64.4 Å². The Morgan fingerprint density at radius 2 is 1.84 bits per heavy atom. The fraction of sp³-hybridized carbons (Fsp3) is 0.500. The Hall–Kier alpha value is -1.76. The summed E-state index contributed by atoms with van der Waals surface area (Å²) in [5, 5.41) is 0. The number of piperidine rings is 1. The van der Waals surface area contributed by atoms with Crippen LogP contribution in [0.2, 0.25) is 0 Å². The highest BCUT2D eigenvalue weighted by Gasteiger charge is 2.35. The average molecular weight is 336 g/mol. The quantitative estimate of drug-likeness (QED) is 0.582. The largest absolute Gasteiger partial charge is 0.371 e. The van der Waals surface area contributed by atoms with E-state index in [1.54, 1.807) is 5.56 Å². The standard InChI is InChI=1S/C24H33N/c1-3-11-23(21-12-7-5-8-13-21)25-19-17-24(16-4-2,18-20-25)22-14-9-6-10-15-22/h6-7,9-15H,3-5,8,16-20H2,1-2H3/b23-11+. The lowest BCUT2D eigenvalue weighted by atomic mass is 9.70. The summed E-state index contributed by atoms with van der Waals surface area (Å²) in [5.41, 5.74) is 4.84. The maximum Gasteiger partial charge on any atom is 0.0395 e. The molecule has 1 aliphatic carbocycles. The molecule has 134 valence electrons. The lowest BCUT2D eigenvalue weighted by Gasteiger charge is -2.44. The molecular weight excluding hydrogens is 302 g/mol. The normalized spacial score (nSPS) is 20.5. The summed E-state index contributed by atoms with van der Waals surface area (Å²) in [4.78, 5) is 2.64. The molecule has 0 bridgehead atoms. The van der Waals surface area contributed by atoms with Crippen molar-refractivity contribution in [3.63, 3.8) is 0 Å². The van der Waals surface area contributed by atoms with E-state index in [2.05, 4.69) is 73.4 Å². The third-order valence-corrected chi connectivity index (χ3v) is 5.86. The minimum absolute atomic E-state index is 0.376. The summed E-state index contributed by atoms with van der Waals surface area (Å²) in [5.74, 6) is 0. The lowest BCUT2D eigenvalue weighted by molar-refractivity contribution is 0.185. The van der Waals surface area contributed by atoms with E-state index in [0.717, 1.165) is 6.42 Å². The molecule has 0 unspecified atom stereocenters. The predicted octanol–water partition coefficient (Wildman–Crippen LogP) is 6.39. The zero-order valence-corrected chi connectivity index (χ0v) is 16.0. The molecular formula is C24H33N. The van der Waals surface area contributed by atoms with Crippen LogP contribution in [0.25, 0.3) is 0 Å². The highest BCUT2D eigenvalue weighted by atomic mass is 15.1. The van der Waals surface area contributed by atoms with E-state index in [0.29, 0.717) is 5.41 Å². The molecule has 0 saturated carbocycles. The van der Waals surface area contributed by atoms with Gasteiger partial charge in [0.15, 0.2) is 0 Å². The van der Waals surface area contributed by atoms with E-state index in [1.807, 2.05) is 0 Å². The number of likely N-dealkylation sites (tertiary alicyclic amines) is 1. The Balaban J connectivity index is 1.78. The van der Waals surface area contributed by atoms with Crippen LogP contribution in [0.3, 0.4) is 0 Å². The third kappa shape index (κ3) is 4.08. The van der Waals surface area contributed by atoms with Crippen molar-refractivity contribution in [1.29, 1.82) is 0 Å². The molecule has 25 heavy (non-hydrogen) atoms. The second kappa shape index (κ2) is 8.56. The molecule has 2 aliphatic rings. The summed E-state index contributed by atoms with van der Waals surface area (Å²) < 4.78 is 0. The van der Waals surface area contributed by atoms with E-state index < -0.39 is 0 Å². The van der Waals surface area contributed by atoms with Gasteiger partial charge in [0.25, 0.3) is 0 Å². The molecule has 1 saturated heterocycles. The molecule has 1 heterocycles. The van der Waals surface area contributed by atoms with Crippen molar-refractivity contribution in [2.24, 2.45) is 0 Å². The second-order valence-corrected chi connectivity index (χ2v) is 7.52. The molecule has 1 fully saturated rings. The Bertz CT molecular complexity index is 627. The Labute approximate surface area is 154 Å². The Morgan fingerprint density at radius 3 is 2.44 bits per heavy atom. The van der Waals surface area contributed by atoms with E-state index in [9.17, 15) is 0 Å². The van der Waals surface area contributed by atoms with Gasteiger partial charge in [-0.2, -0.15) is 0 Å². The number of allylic oxidation sites excluding steroid dienone is 4. The summed E-state index contributed by atoms with van der Waals surface area (Å²) in [6.45, 7) is 6.93. The van der Waals surface area contributed by atoms with Gasteiger partial charge in [-0.05, 0) is 55.1 Å². The van der Waals surface area contributed by atoms with Crippen molar-refractivity contribution < 1.29 is 0 Å². The molecule has 0 amide bonds. The first-order valence-electron chi connectivity index (χ1n) is 10.2. The topological polar surface area (TPSA) is 3.24 Å². The number of rotatable bonds is 6. The van der Waals surface area contributed by atoms with Crippen LogP contribution in [0.4, 0.5) is 0 Å². The van der Waals surface area contributed by atoms with Crippen LogP contribution < -0.4 is 0 Å². The highest BCUT2D eigenvalue weighted by Crippen LogP contribution is 2.41. The zero-order chi connectivity index (χ0) is 17.5. The highest BCUT2D eigenvalue weighted by molar-refractivity contribution is 5.41. The van der Waals surface area contributed by atoms with Gasteiger partial charge >= 0.3 is 0 Å². The van der Waals surface area contributed by atoms with Gasteiger partial charge in [-0.3, -0.25) is 0 Å². The van der Waals surface area contributed by atoms with Gasteiger partial charge in [0.05, 0.1) is 0 Å². The fourth-order valence-electron chi connectivity index (χ4n) is 4.56. The number of hydrogen-bond acceptors (Lipinski definition) is 1. The molecule has 1 nitrogen and oxygen atoms in total. The SMILES string of the molecule is CC/C=C(\C1=CCCC=C1)N1CCC(CCC)(c2ccccc2)CC1. The van der Waals surface area contributed by atoms with Crippen LogP contribution >= 0.6 is 0 Å².